The highest BCUT2D eigenvalue weighted by atomic mass is 35.5. The summed E-state index contributed by atoms with van der Waals surface area (Å²) < 4.78 is 0. The van der Waals surface area contributed by atoms with Gasteiger partial charge < -0.3 is 0 Å². The van der Waals surface area contributed by atoms with E-state index in [0.29, 0.717) is 27.5 Å². The van der Waals surface area contributed by atoms with E-state index < -0.39 is 5.92 Å². The summed E-state index contributed by atoms with van der Waals surface area (Å²) in [6.45, 7) is 1.85. The van der Waals surface area contributed by atoms with Crippen LogP contribution in [0.2, 0.25) is 10.0 Å². The van der Waals surface area contributed by atoms with Gasteiger partial charge in [0.05, 0.1) is 10.5 Å². The van der Waals surface area contributed by atoms with Gasteiger partial charge in [0, 0.05) is 47.3 Å². The minimum Gasteiger partial charge on any atom is -0.298 e. The fraction of sp³-hybridized carbons (Fsp3) is 0.368. The fourth-order valence-corrected chi connectivity index (χ4v) is 3.96. The molecule has 1 aliphatic carbocycles. The Kier molecular flexibility index (Phi) is 5.21. The van der Waals surface area contributed by atoms with E-state index in [4.69, 9.17) is 23.2 Å². The molecular formula is C19H17Cl2NO3. The zero-order chi connectivity index (χ0) is 18.1. The number of Topliss-reactive ketones (excluding diaryl/α,β-unsaturated/α-hetero) is 3. The molecule has 3 rings (SSSR count). The van der Waals surface area contributed by atoms with Crippen LogP contribution in [0.4, 0.5) is 0 Å². The molecule has 0 radical (unpaired) electrons. The molecule has 25 heavy (non-hydrogen) atoms. The zero-order valence-electron chi connectivity index (χ0n) is 13.7. The van der Waals surface area contributed by atoms with Gasteiger partial charge in [-0.25, -0.2) is 0 Å². The average Bonchev–Trinajstić information content (AvgIpc) is 2.54. The number of ketones is 3. The molecule has 0 bridgehead atoms. The summed E-state index contributed by atoms with van der Waals surface area (Å²) >= 11 is 12.3. The summed E-state index contributed by atoms with van der Waals surface area (Å²) in [5, 5.41) is 1.77. The molecule has 0 amide bonds. The Hall–Kier alpha value is -1.78. The lowest BCUT2D eigenvalue weighted by Crippen LogP contribution is -2.38. The zero-order valence-corrected chi connectivity index (χ0v) is 15.2. The molecule has 1 saturated carbocycles. The van der Waals surface area contributed by atoms with Gasteiger partial charge in [0.25, 0.3) is 0 Å². The van der Waals surface area contributed by atoms with Gasteiger partial charge in [0.2, 0.25) is 0 Å². The Morgan fingerprint density at radius 2 is 1.88 bits per heavy atom. The van der Waals surface area contributed by atoms with Gasteiger partial charge in [-0.2, -0.15) is 0 Å². The molecule has 1 aromatic carbocycles. The van der Waals surface area contributed by atoms with Crippen LogP contribution in [-0.2, 0) is 14.4 Å². The molecule has 0 aliphatic heterocycles. The van der Waals surface area contributed by atoms with Crippen molar-refractivity contribution in [3.8, 4) is 0 Å². The second-order valence-electron chi connectivity index (χ2n) is 6.37. The van der Waals surface area contributed by atoms with E-state index in [1.54, 1.807) is 18.2 Å². The first-order chi connectivity index (χ1) is 11.9. The minimum atomic E-state index is -1.10. The van der Waals surface area contributed by atoms with Gasteiger partial charge in [-0.15, -0.1) is 0 Å². The molecule has 0 saturated heterocycles. The number of carbonyl (C=O) groups is 3. The van der Waals surface area contributed by atoms with Crippen LogP contribution < -0.4 is 0 Å². The Morgan fingerprint density at radius 1 is 1.20 bits per heavy atom. The van der Waals surface area contributed by atoms with Crippen molar-refractivity contribution in [1.29, 1.82) is 0 Å². The van der Waals surface area contributed by atoms with Crippen LogP contribution in [0.15, 0.2) is 24.4 Å². The number of halogens is 2. The van der Waals surface area contributed by atoms with Crippen LogP contribution >= 0.6 is 23.2 Å². The molecule has 0 unspecified atom stereocenters. The highest BCUT2D eigenvalue weighted by Crippen LogP contribution is 2.39. The SMILES string of the molecule is CCCC(=O)C1C(=O)CC(c2c(Cl)ccc3cc(Cl)cnc23)CC1=O. The number of hydrogen-bond acceptors (Lipinski definition) is 4. The van der Waals surface area contributed by atoms with E-state index in [2.05, 4.69) is 4.98 Å². The van der Waals surface area contributed by atoms with E-state index in [-0.39, 0.29) is 42.5 Å². The van der Waals surface area contributed by atoms with Crippen molar-refractivity contribution in [3.05, 3.63) is 40.0 Å². The maximum absolute atomic E-state index is 12.5. The molecule has 0 atom stereocenters. The van der Waals surface area contributed by atoms with Crippen molar-refractivity contribution < 1.29 is 14.4 Å². The number of carbonyl (C=O) groups excluding carboxylic acids is 3. The van der Waals surface area contributed by atoms with Crippen LogP contribution in [0.25, 0.3) is 10.9 Å². The summed E-state index contributed by atoms with van der Waals surface area (Å²) in [6, 6.07) is 5.30. The van der Waals surface area contributed by atoms with E-state index in [0.717, 1.165) is 5.39 Å². The third-order valence-corrected chi connectivity index (χ3v) is 5.11. The molecule has 1 aliphatic rings. The van der Waals surface area contributed by atoms with Crippen LogP contribution in [-0.4, -0.2) is 22.3 Å². The molecule has 1 aromatic heterocycles. The molecule has 1 fully saturated rings. The lowest BCUT2D eigenvalue weighted by molar-refractivity contribution is -0.142. The number of rotatable bonds is 4. The molecule has 2 aromatic rings. The van der Waals surface area contributed by atoms with Crippen molar-refractivity contribution in [1.82, 2.24) is 4.98 Å². The summed E-state index contributed by atoms with van der Waals surface area (Å²) in [6.07, 6.45) is 2.63. The normalized spacial score (nSPS) is 20.9. The fourth-order valence-electron chi connectivity index (χ4n) is 3.49. The first-order valence-corrected chi connectivity index (χ1v) is 8.99. The highest BCUT2D eigenvalue weighted by molar-refractivity contribution is 6.33. The number of nitrogens with zero attached hydrogens (tertiary/aromatic N) is 1. The molecule has 4 nitrogen and oxygen atoms in total. The van der Waals surface area contributed by atoms with Gasteiger partial charge in [-0.3, -0.25) is 19.4 Å². The number of benzene rings is 1. The predicted molar refractivity (Wildman–Crippen MR) is 97.2 cm³/mol. The first-order valence-electron chi connectivity index (χ1n) is 8.24. The molecular weight excluding hydrogens is 361 g/mol. The van der Waals surface area contributed by atoms with Crippen LogP contribution in [0, 0.1) is 5.92 Å². The van der Waals surface area contributed by atoms with Crippen molar-refractivity contribution in [2.24, 2.45) is 5.92 Å². The molecule has 1 heterocycles. The van der Waals surface area contributed by atoms with Gasteiger partial charge in [0.1, 0.15) is 5.92 Å². The van der Waals surface area contributed by atoms with Crippen LogP contribution in [0.1, 0.15) is 44.1 Å². The molecule has 0 spiro atoms. The van der Waals surface area contributed by atoms with Crippen LogP contribution in [0.3, 0.4) is 0 Å². The number of hydrogen-bond donors (Lipinski definition) is 0. The van der Waals surface area contributed by atoms with Crippen molar-refractivity contribution >= 4 is 51.5 Å². The molecule has 6 heteroatoms. The van der Waals surface area contributed by atoms with Crippen molar-refractivity contribution in [2.75, 3.05) is 0 Å². The Morgan fingerprint density at radius 3 is 2.52 bits per heavy atom. The Balaban J connectivity index is 1.98. The largest absolute Gasteiger partial charge is 0.298 e. The first kappa shape index (κ1) is 18.0. The van der Waals surface area contributed by atoms with Gasteiger partial charge in [-0.1, -0.05) is 36.2 Å². The minimum absolute atomic E-state index is 0.120. The van der Waals surface area contributed by atoms with Gasteiger partial charge in [0.15, 0.2) is 17.3 Å². The molecule has 130 valence electrons. The van der Waals surface area contributed by atoms with Gasteiger partial charge in [-0.05, 0) is 18.6 Å². The van der Waals surface area contributed by atoms with E-state index in [1.807, 2.05) is 6.92 Å². The number of aromatic nitrogens is 1. The summed E-state index contributed by atoms with van der Waals surface area (Å²) in [5.74, 6) is -2.38. The lowest BCUT2D eigenvalue weighted by Gasteiger charge is -2.27. The monoisotopic (exact) mass is 377 g/mol. The maximum atomic E-state index is 12.5. The van der Waals surface area contributed by atoms with Crippen LogP contribution in [0.5, 0.6) is 0 Å². The summed E-state index contributed by atoms with van der Waals surface area (Å²) in [5.41, 5.74) is 1.32. The third-order valence-electron chi connectivity index (χ3n) is 4.57. The second-order valence-corrected chi connectivity index (χ2v) is 7.22. The quantitative estimate of drug-likeness (QED) is 0.733. The standard InChI is InChI=1S/C19H17Cl2NO3/c1-2-3-14(23)18-15(24)7-11(8-16(18)25)17-13(21)5-4-10-6-12(20)9-22-19(10)17/h4-6,9,11,18H,2-3,7-8H2,1H3. The van der Waals surface area contributed by atoms with E-state index in [9.17, 15) is 14.4 Å². The highest BCUT2D eigenvalue weighted by Gasteiger charge is 2.40. The van der Waals surface area contributed by atoms with E-state index in [1.165, 1.54) is 6.20 Å². The van der Waals surface area contributed by atoms with Gasteiger partial charge >= 0.3 is 0 Å². The smallest absolute Gasteiger partial charge is 0.151 e. The Bertz CT molecular complexity index is 860. The van der Waals surface area contributed by atoms with Crippen molar-refractivity contribution in [2.45, 2.75) is 38.5 Å². The number of fused-ring (bicyclic) bond motifs is 1. The Labute approximate surface area is 155 Å². The van der Waals surface area contributed by atoms with Crippen molar-refractivity contribution in [3.63, 3.8) is 0 Å². The third kappa shape index (κ3) is 3.46. The maximum Gasteiger partial charge on any atom is 0.151 e. The molecule has 0 N–H and O–H groups in total. The predicted octanol–water partition coefficient (Wildman–Crippen LogP) is 4.54. The topological polar surface area (TPSA) is 64.1 Å². The van der Waals surface area contributed by atoms with E-state index >= 15 is 0 Å². The second kappa shape index (κ2) is 7.22. The number of pyridine rings is 1. The summed E-state index contributed by atoms with van der Waals surface area (Å²) in [7, 11) is 0. The lowest BCUT2D eigenvalue weighted by atomic mass is 9.74. The summed E-state index contributed by atoms with van der Waals surface area (Å²) in [4.78, 5) is 41.4. The average molecular weight is 378 g/mol.